The lowest BCUT2D eigenvalue weighted by molar-refractivity contribution is 0.240. The van der Waals surface area contributed by atoms with Crippen LogP contribution >= 0.6 is 0 Å². The van der Waals surface area contributed by atoms with Crippen molar-refractivity contribution in [2.75, 3.05) is 25.1 Å². The number of nitrogens with zero attached hydrogens (tertiary/aromatic N) is 1. The highest BCUT2D eigenvalue weighted by Gasteiger charge is 2.05. The molecule has 0 aromatic heterocycles. The van der Waals surface area contributed by atoms with E-state index in [4.69, 9.17) is 5.11 Å². The van der Waals surface area contributed by atoms with E-state index in [-0.39, 0.29) is 6.61 Å². The highest BCUT2D eigenvalue weighted by Crippen LogP contribution is 2.15. The molecule has 0 bridgehead atoms. The quantitative estimate of drug-likeness (QED) is 0.801. The zero-order chi connectivity index (χ0) is 11.3. The molecule has 0 aliphatic heterocycles. The Hall–Kier alpha value is -1.02. The third kappa shape index (κ3) is 3.56. The van der Waals surface area contributed by atoms with Gasteiger partial charge in [0.2, 0.25) is 0 Å². The lowest BCUT2D eigenvalue weighted by Gasteiger charge is -2.22. The molecule has 1 N–H and O–H groups in total. The van der Waals surface area contributed by atoms with Crippen LogP contribution in [0.4, 0.5) is 5.69 Å². The lowest BCUT2D eigenvalue weighted by Crippen LogP contribution is -2.25. The van der Waals surface area contributed by atoms with E-state index in [1.54, 1.807) is 0 Å². The molecule has 0 heterocycles. The molecule has 0 aliphatic carbocycles. The zero-order valence-corrected chi connectivity index (χ0v) is 9.90. The van der Waals surface area contributed by atoms with E-state index in [0.29, 0.717) is 5.92 Å². The molecule has 1 unspecified atom stereocenters. The molecule has 0 aliphatic rings. The lowest BCUT2D eigenvalue weighted by atomic mass is 10.1. The first kappa shape index (κ1) is 12.1. The summed E-state index contributed by atoms with van der Waals surface area (Å²) in [5.74, 6) is 0.320. The summed E-state index contributed by atoms with van der Waals surface area (Å²) >= 11 is 0. The maximum Gasteiger partial charge on any atom is 0.0473 e. The van der Waals surface area contributed by atoms with E-state index in [1.807, 2.05) is 0 Å². The van der Waals surface area contributed by atoms with Crippen molar-refractivity contribution in [2.45, 2.75) is 20.3 Å². The first-order chi connectivity index (χ1) is 7.17. The Kier molecular flexibility index (Phi) is 4.63. The van der Waals surface area contributed by atoms with Gasteiger partial charge in [-0.2, -0.15) is 0 Å². The Morgan fingerprint density at radius 1 is 1.27 bits per heavy atom. The molecule has 1 rings (SSSR count). The molecule has 84 valence electrons. The number of rotatable bonds is 5. The Balaban J connectivity index is 2.61. The maximum atomic E-state index is 8.99. The maximum absolute atomic E-state index is 8.99. The zero-order valence-electron chi connectivity index (χ0n) is 9.90. The molecule has 1 aromatic rings. The molecule has 1 atom stereocenters. The van der Waals surface area contributed by atoms with Gasteiger partial charge in [0.05, 0.1) is 0 Å². The van der Waals surface area contributed by atoms with Crippen molar-refractivity contribution in [3.05, 3.63) is 29.8 Å². The molecule has 2 nitrogen and oxygen atoms in total. The van der Waals surface area contributed by atoms with Crippen molar-refractivity contribution in [1.29, 1.82) is 0 Å². The molecule has 15 heavy (non-hydrogen) atoms. The Labute approximate surface area is 92.5 Å². The SMILES string of the molecule is CCc1ccc(N(C)CC(C)CO)cc1. The first-order valence-electron chi connectivity index (χ1n) is 5.58. The summed E-state index contributed by atoms with van der Waals surface area (Å²) in [5.41, 5.74) is 2.58. The van der Waals surface area contributed by atoms with Crippen LogP contribution in [-0.2, 0) is 6.42 Å². The average molecular weight is 207 g/mol. The van der Waals surface area contributed by atoms with E-state index in [1.165, 1.54) is 11.3 Å². The van der Waals surface area contributed by atoms with E-state index < -0.39 is 0 Å². The van der Waals surface area contributed by atoms with Crippen LogP contribution in [0.1, 0.15) is 19.4 Å². The summed E-state index contributed by atoms with van der Waals surface area (Å²) in [6, 6.07) is 8.61. The van der Waals surface area contributed by atoms with Crippen LogP contribution in [0.5, 0.6) is 0 Å². The molecule has 0 fully saturated rings. The third-order valence-electron chi connectivity index (χ3n) is 2.68. The fourth-order valence-corrected chi connectivity index (χ4v) is 1.62. The van der Waals surface area contributed by atoms with Crippen molar-refractivity contribution < 1.29 is 5.11 Å². The first-order valence-corrected chi connectivity index (χ1v) is 5.58. The van der Waals surface area contributed by atoms with Gasteiger partial charge in [-0.25, -0.2) is 0 Å². The Morgan fingerprint density at radius 3 is 2.33 bits per heavy atom. The summed E-state index contributed by atoms with van der Waals surface area (Å²) in [6.45, 7) is 5.35. The molecule has 0 saturated carbocycles. The van der Waals surface area contributed by atoms with E-state index in [0.717, 1.165) is 13.0 Å². The minimum Gasteiger partial charge on any atom is -0.396 e. The van der Waals surface area contributed by atoms with Crippen LogP contribution in [0.3, 0.4) is 0 Å². The van der Waals surface area contributed by atoms with Crippen LogP contribution in [0.15, 0.2) is 24.3 Å². The van der Waals surface area contributed by atoms with Crippen molar-refractivity contribution >= 4 is 5.69 Å². The van der Waals surface area contributed by atoms with Crippen LogP contribution in [0, 0.1) is 5.92 Å². The van der Waals surface area contributed by atoms with Gasteiger partial charge in [0.15, 0.2) is 0 Å². The van der Waals surface area contributed by atoms with E-state index in [2.05, 4.69) is 50.1 Å². The van der Waals surface area contributed by atoms with Crippen molar-refractivity contribution in [1.82, 2.24) is 0 Å². The second kappa shape index (κ2) is 5.76. The van der Waals surface area contributed by atoms with Gasteiger partial charge in [-0.3, -0.25) is 0 Å². The predicted molar refractivity (Wildman–Crippen MR) is 65.3 cm³/mol. The standard InChI is InChI=1S/C13H21NO/c1-4-12-5-7-13(8-6-12)14(3)9-11(2)10-15/h5-8,11,15H,4,9-10H2,1-3H3. The smallest absolute Gasteiger partial charge is 0.0473 e. The van der Waals surface area contributed by atoms with Gasteiger partial charge in [-0.1, -0.05) is 26.0 Å². The molecule has 0 spiro atoms. The molecular weight excluding hydrogens is 186 g/mol. The number of benzene rings is 1. The van der Waals surface area contributed by atoms with Crippen molar-refractivity contribution in [2.24, 2.45) is 5.92 Å². The van der Waals surface area contributed by atoms with Crippen molar-refractivity contribution in [3.63, 3.8) is 0 Å². The molecule has 0 saturated heterocycles. The minimum absolute atomic E-state index is 0.247. The van der Waals surface area contributed by atoms with Gasteiger partial charge in [-0.15, -0.1) is 0 Å². The summed E-state index contributed by atoms with van der Waals surface area (Å²) in [4.78, 5) is 2.18. The monoisotopic (exact) mass is 207 g/mol. The number of aliphatic hydroxyl groups excluding tert-OH is 1. The number of anilines is 1. The topological polar surface area (TPSA) is 23.5 Å². The molecule has 1 aromatic carbocycles. The highest BCUT2D eigenvalue weighted by atomic mass is 16.3. The second-order valence-corrected chi connectivity index (χ2v) is 4.19. The summed E-state index contributed by atoms with van der Waals surface area (Å²) in [5, 5.41) is 8.99. The van der Waals surface area contributed by atoms with Gasteiger partial charge in [0.25, 0.3) is 0 Å². The van der Waals surface area contributed by atoms with Gasteiger partial charge in [0, 0.05) is 25.9 Å². The molecular formula is C13H21NO. The summed E-state index contributed by atoms with van der Waals surface area (Å²) < 4.78 is 0. The van der Waals surface area contributed by atoms with E-state index in [9.17, 15) is 0 Å². The Morgan fingerprint density at radius 2 is 1.87 bits per heavy atom. The normalized spacial score (nSPS) is 12.5. The average Bonchev–Trinajstić information content (AvgIpc) is 2.29. The van der Waals surface area contributed by atoms with Crippen LogP contribution in [-0.4, -0.2) is 25.3 Å². The number of hydrogen-bond donors (Lipinski definition) is 1. The highest BCUT2D eigenvalue weighted by molar-refractivity contribution is 5.46. The number of hydrogen-bond acceptors (Lipinski definition) is 2. The van der Waals surface area contributed by atoms with Crippen molar-refractivity contribution in [3.8, 4) is 0 Å². The predicted octanol–water partition coefficient (Wildman–Crippen LogP) is 2.31. The van der Waals surface area contributed by atoms with Crippen LogP contribution < -0.4 is 4.90 Å². The molecule has 2 heteroatoms. The van der Waals surface area contributed by atoms with Gasteiger partial charge >= 0.3 is 0 Å². The van der Waals surface area contributed by atoms with Gasteiger partial charge in [-0.05, 0) is 30.0 Å². The fourth-order valence-electron chi connectivity index (χ4n) is 1.62. The number of aliphatic hydroxyl groups is 1. The largest absolute Gasteiger partial charge is 0.396 e. The number of aryl methyl sites for hydroxylation is 1. The molecule has 0 radical (unpaired) electrons. The molecule has 0 amide bonds. The second-order valence-electron chi connectivity index (χ2n) is 4.19. The van der Waals surface area contributed by atoms with Gasteiger partial charge in [0.1, 0.15) is 0 Å². The van der Waals surface area contributed by atoms with Crippen LogP contribution in [0.2, 0.25) is 0 Å². The minimum atomic E-state index is 0.247. The third-order valence-corrected chi connectivity index (χ3v) is 2.68. The van der Waals surface area contributed by atoms with E-state index >= 15 is 0 Å². The summed E-state index contributed by atoms with van der Waals surface area (Å²) in [6.07, 6.45) is 1.08. The Bertz CT molecular complexity index is 281. The van der Waals surface area contributed by atoms with Gasteiger partial charge < -0.3 is 10.0 Å². The van der Waals surface area contributed by atoms with Crippen LogP contribution in [0.25, 0.3) is 0 Å². The fraction of sp³-hybridized carbons (Fsp3) is 0.538. The summed E-state index contributed by atoms with van der Waals surface area (Å²) in [7, 11) is 2.06.